The Balaban J connectivity index is 2.21. The van der Waals surface area contributed by atoms with Crippen molar-refractivity contribution >= 4 is 15.9 Å². The highest BCUT2D eigenvalue weighted by atomic mass is 79.9. The fourth-order valence-corrected chi connectivity index (χ4v) is 4.27. The summed E-state index contributed by atoms with van der Waals surface area (Å²) in [5, 5.41) is 12.2. The Morgan fingerprint density at radius 3 is 2.04 bits per heavy atom. The van der Waals surface area contributed by atoms with Gasteiger partial charge in [-0.1, -0.05) is 65.3 Å². The average Bonchev–Trinajstić information content (AvgIpc) is 2.74. The maximum absolute atomic E-state index is 12.2. The molecule has 4 heteroatoms. The molecular formula is C24H25BrO3. The van der Waals surface area contributed by atoms with Crippen LogP contribution in [-0.2, 0) is 5.60 Å². The second kappa shape index (κ2) is 8.80. The van der Waals surface area contributed by atoms with Gasteiger partial charge in [-0.15, -0.1) is 0 Å². The summed E-state index contributed by atoms with van der Waals surface area (Å²) in [7, 11) is 3.29. The van der Waals surface area contributed by atoms with Gasteiger partial charge in [-0.2, -0.15) is 0 Å². The topological polar surface area (TPSA) is 38.7 Å². The maximum Gasteiger partial charge on any atom is 0.121 e. The summed E-state index contributed by atoms with van der Waals surface area (Å²) in [6, 6.07) is 23.4. The van der Waals surface area contributed by atoms with Crippen LogP contribution in [0.25, 0.3) is 0 Å². The summed E-state index contributed by atoms with van der Waals surface area (Å²) in [4.78, 5) is 0. The first-order valence-corrected chi connectivity index (χ1v) is 10.1. The van der Waals surface area contributed by atoms with Gasteiger partial charge in [0.1, 0.15) is 17.1 Å². The second-order valence-electron chi connectivity index (χ2n) is 6.75. The van der Waals surface area contributed by atoms with Gasteiger partial charge in [0.15, 0.2) is 0 Å². The van der Waals surface area contributed by atoms with Crippen LogP contribution >= 0.6 is 15.9 Å². The Labute approximate surface area is 175 Å². The van der Waals surface area contributed by atoms with Crippen molar-refractivity contribution in [3.05, 3.63) is 94.0 Å². The summed E-state index contributed by atoms with van der Waals surface area (Å²) >= 11 is 3.57. The second-order valence-corrected chi connectivity index (χ2v) is 7.66. The van der Waals surface area contributed by atoms with E-state index >= 15 is 0 Å². The molecule has 0 aliphatic heterocycles. The number of hydrogen-bond acceptors (Lipinski definition) is 3. The number of halogens is 1. The number of ether oxygens (including phenoxy) is 2. The first-order chi connectivity index (χ1) is 13.5. The van der Waals surface area contributed by atoms with Crippen LogP contribution in [0.5, 0.6) is 11.5 Å². The molecule has 2 atom stereocenters. The van der Waals surface area contributed by atoms with Gasteiger partial charge in [0.25, 0.3) is 0 Å². The van der Waals surface area contributed by atoms with Crippen LogP contribution in [0.15, 0.2) is 77.3 Å². The summed E-state index contributed by atoms with van der Waals surface area (Å²) in [5.41, 5.74) is 1.49. The minimum atomic E-state index is -1.20. The molecule has 0 saturated heterocycles. The summed E-state index contributed by atoms with van der Waals surface area (Å²) in [6.07, 6.45) is 0.747. The number of aliphatic hydroxyl groups is 1. The minimum Gasteiger partial charge on any atom is -0.497 e. The largest absolute Gasteiger partial charge is 0.497 e. The average molecular weight is 441 g/mol. The third-order valence-corrected chi connectivity index (χ3v) is 5.65. The predicted molar refractivity (Wildman–Crippen MR) is 116 cm³/mol. The number of benzene rings is 3. The normalized spacial score (nSPS) is 14.2. The van der Waals surface area contributed by atoms with Crippen LogP contribution in [0, 0.1) is 0 Å². The molecule has 0 aliphatic rings. The zero-order chi connectivity index (χ0) is 20.1. The molecule has 28 heavy (non-hydrogen) atoms. The van der Waals surface area contributed by atoms with E-state index in [1.165, 1.54) is 0 Å². The monoisotopic (exact) mass is 440 g/mol. The van der Waals surface area contributed by atoms with E-state index in [0.717, 1.165) is 39.1 Å². The van der Waals surface area contributed by atoms with Crippen LogP contribution in [0.2, 0.25) is 0 Å². The van der Waals surface area contributed by atoms with E-state index in [-0.39, 0.29) is 5.92 Å². The molecule has 1 N–H and O–H groups in total. The molecule has 2 unspecified atom stereocenters. The Hall–Kier alpha value is -2.30. The van der Waals surface area contributed by atoms with E-state index in [0.29, 0.717) is 0 Å². The van der Waals surface area contributed by atoms with E-state index in [1.54, 1.807) is 14.2 Å². The quantitative estimate of drug-likeness (QED) is 0.497. The molecular weight excluding hydrogens is 416 g/mol. The molecule has 146 valence electrons. The molecule has 0 fully saturated rings. The maximum atomic E-state index is 12.2. The Morgan fingerprint density at radius 2 is 1.46 bits per heavy atom. The van der Waals surface area contributed by atoms with Crippen molar-refractivity contribution in [3.8, 4) is 11.5 Å². The van der Waals surface area contributed by atoms with Crippen LogP contribution in [0.3, 0.4) is 0 Å². The molecule has 3 aromatic carbocycles. The van der Waals surface area contributed by atoms with Crippen molar-refractivity contribution in [1.29, 1.82) is 0 Å². The van der Waals surface area contributed by atoms with Crippen LogP contribution in [0.1, 0.15) is 36.0 Å². The molecule has 3 aromatic rings. The van der Waals surface area contributed by atoms with E-state index in [2.05, 4.69) is 22.9 Å². The first-order valence-electron chi connectivity index (χ1n) is 9.29. The molecule has 3 rings (SSSR count). The van der Waals surface area contributed by atoms with Crippen LogP contribution < -0.4 is 9.47 Å². The highest BCUT2D eigenvalue weighted by Gasteiger charge is 2.40. The molecule has 0 spiro atoms. The lowest BCUT2D eigenvalue weighted by atomic mass is 9.72. The lowest BCUT2D eigenvalue weighted by Gasteiger charge is -2.37. The third kappa shape index (κ3) is 3.94. The Kier molecular flexibility index (Phi) is 6.42. The highest BCUT2D eigenvalue weighted by molar-refractivity contribution is 9.10. The van der Waals surface area contributed by atoms with Gasteiger partial charge in [-0.3, -0.25) is 0 Å². The van der Waals surface area contributed by atoms with Crippen molar-refractivity contribution in [2.24, 2.45) is 0 Å². The summed E-state index contributed by atoms with van der Waals surface area (Å²) in [6.45, 7) is 2.09. The molecule has 0 bridgehead atoms. The predicted octanol–water partition coefficient (Wildman–Crippen LogP) is 5.90. The molecule has 0 radical (unpaired) electrons. The number of methoxy groups -OCH3 is 2. The third-order valence-electron chi connectivity index (χ3n) is 5.19. The number of hydrogen-bond donors (Lipinski definition) is 1. The fourth-order valence-electron chi connectivity index (χ4n) is 3.78. The SMILES string of the molecule is CCC(c1cc(Br)cc(OC)c1)C(O)(c1ccccc1)c1ccc(OC)cc1. The van der Waals surface area contributed by atoms with Gasteiger partial charge < -0.3 is 14.6 Å². The Morgan fingerprint density at radius 1 is 0.857 bits per heavy atom. The lowest BCUT2D eigenvalue weighted by Crippen LogP contribution is -2.34. The van der Waals surface area contributed by atoms with Gasteiger partial charge in [-0.05, 0) is 53.4 Å². The van der Waals surface area contributed by atoms with E-state index in [4.69, 9.17) is 9.47 Å². The minimum absolute atomic E-state index is 0.172. The number of rotatable bonds is 7. The molecule has 0 aromatic heterocycles. The zero-order valence-electron chi connectivity index (χ0n) is 16.4. The molecule has 0 saturated carbocycles. The van der Waals surface area contributed by atoms with Gasteiger partial charge >= 0.3 is 0 Å². The highest BCUT2D eigenvalue weighted by Crippen LogP contribution is 2.45. The molecule has 0 amide bonds. The standard InChI is InChI=1S/C24H25BrO3/c1-4-23(17-14-20(25)16-22(15-17)28-3)24(26,18-8-6-5-7-9-18)19-10-12-21(27-2)13-11-19/h5-16,23,26H,4H2,1-3H3. The van der Waals surface area contributed by atoms with Gasteiger partial charge in [0, 0.05) is 10.4 Å². The summed E-state index contributed by atoms with van der Waals surface area (Å²) < 4.78 is 11.7. The smallest absolute Gasteiger partial charge is 0.121 e. The Bertz CT molecular complexity index is 909. The first kappa shape index (κ1) is 20.4. The molecule has 0 aliphatic carbocycles. The lowest BCUT2D eigenvalue weighted by molar-refractivity contribution is 0.0475. The van der Waals surface area contributed by atoms with Gasteiger partial charge in [0.2, 0.25) is 0 Å². The van der Waals surface area contributed by atoms with Crippen LogP contribution in [0.4, 0.5) is 0 Å². The van der Waals surface area contributed by atoms with E-state index in [1.807, 2.05) is 72.8 Å². The van der Waals surface area contributed by atoms with Gasteiger partial charge in [-0.25, -0.2) is 0 Å². The molecule has 3 nitrogen and oxygen atoms in total. The zero-order valence-corrected chi connectivity index (χ0v) is 17.9. The van der Waals surface area contributed by atoms with Crippen molar-refractivity contribution < 1.29 is 14.6 Å². The summed E-state index contributed by atoms with van der Waals surface area (Å²) in [5.74, 6) is 1.35. The van der Waals surface area contributed by atoms with Crippen molar-refractivity contribution in [1.82, 2.24) is 0 Å². The van der Waals surface area contributed by atoms with E-state index in [9.17, 15) is 5.11 Å². The fraction of sp³-hybridized carbons (Fsp3) is 0.250. The van der Waals surface area contributed by atoms with E-state index < -0.39 is 5.60 Å². The molecule has 0 heterocycles. The van der Waals surface area contributed by atoms with Crippen LogP contribution in [-0.4, -0.2) is 19.3 Å². The van der Waals surface area contributed by atoms with Crippen molar-refractivity contribution in [3.63, 3.8) is 0 Å². The van der Waals surface area contributed by atoms with Crippen molar-refractivity contribution in [2.75, 3.05) is 14.2 Å². The van der Waals surface area contributed by atoms with Crippen molar-refractivity contribution in [2.45, 2.75) is 24.9 Å². The van der Waals surface area contributed by atoms with Gasteiger partial charge in [0.05, 0.1) is 14.2 Å².